The number of carbonyl (C=O) groups excluding carboxylic acids is 3. The summed E-state index contributed by atoms with van der Waals surface area (Å²) in [6.45, 7) is 13.0. The van der Waals surface area contributed by atoms with Crippen LogP contribution in [0.15, 0.2) is 30.3 Å². The molecular weight excluding hydrogens is 404 g/mol. The van der Waals surface area contributed by atoms with Gasteiger partial charge in [0, 0.05) is 38.3 Å². The normalized spacial score (nSPS) is 18.4. The number of benzene rings is 1. The molecule has 176 valence electrons. The van der Waals surface area contributed by atoms with E-state index in [2.05, 4.69) is 25.7 Å². The maximum Gasteiger partial charge on any atom is 0.250 e. The lowest BCUT2D eigenvalue weighted by Crippen LogP contribution is -2.57. The van der Waals surface area contributed by atoms with Gasteiger partial charge in [0.15, 0.2) is 0 Å². The second-order valence-electron chi connectivity index (χ2n) is 10.1. The smallest absolute Gasteiger partial charge is 0.250 e. The summed E-state index contributed by atoms with van der Waals surface area (Å²) < 4.78 is 0. The molecule has 0 saturated carbocycles. The van der Waals surface area contributed by atoms with Gasteiger partial charge in [-0.05, 0) is 44.2 Å². The highest BCUT2D eigenvalue weighted by molar-refractivity contribution is 5.96. The highest BCUT2D eigenvalue weighted by Crippen LogP contribution is 2.39. The number of likely N-dealkylation sites (tertiary alicyclic amines) is 1. The topological polar surface area (TPSA) is 64.2 Å². The summed E-state index contributed by atoms with van der Waals surface area (Å²) in [5.74, 6) is 0.133. The maximum absolute atomic E-state index is 13.7. The number of likely N-dealkylation sites (N-methyl/N-ethyl adjacent to an activating group) is 1. The minimum Gasteiger partial charge on any atom is -0.342 e. The van der Waals surface area contributed by atoms with Gasteiger partial charge >= 0.3 is 0 Å². The minimum absolute atomic E-state index is 0.00443. The van der Waals surface area contributed by atoms with Crippen LogP contribution in [-0.2, 0) is 14.4 Å². The van der Waals surface area contributed by atoms with Crippen LogP contribution in [0.1, 0.15) is 53.9 Å². The van der Waals surface area contributed by atoms with Crippen LogP contribution >= 0.6 is 0 Å². The fourth-order valence-corrected chi connectivity index (χ4v) is 4.85. The van der Waals surface area contributed by atoms with Gasteiger partial charge in [-0.1, -0.05) is 39.0 Å². The number of rotatable bonds is 6. The Bertz CT molecular complexity index is 821. The molecule has 1 aromatic carbocycles. The first kappa shape index (κ1) is 24.1. The first-order valence-corrected chi connectivity index (χ1v) is 11.8. The van der Waals surface area contributed by atoms with Gasteiger partial charge < -0.3 is 19.6 Å². The van der Waals surface area contributed by atoms with Crippen molar-refractivity contribution < 1.29 is 14.4 Å². The Kier molecular flexibility index (Phi) is 7.16. The number of para-hydroxylation sites is 1. The Balaban J connectivity index is 1.81. The Morgan fingerprint density at radius 2 is 1.62 bits per heavy atom. The molecule has 7 nitrogen and oxygen atoms in total. The van der Waals surface area contributed by atoms with Crippen molar-refractivity contribution in [3.05, 3.63) is 30.3 Å². The first-order chi connectivity index (χ1) is 15.1. The largest absolute Gasteiger partial charge is 0.342 e. The van der Waals surface area contributed by atoms with Crippen molar-refractivity contribution >= 4 is 23.4 Å². The highest BCUT2D eigenvalue weighted by Gasteiger charge is 2.54. The van der Waals surface area contributed by atoms with E-state index in [1.807, 2.05) is 49.1 Å². The molecule has 2 aliphatic heterocycles. The molecule has 2 fully saturated rings. The fraction of sp³-hybridized carbons (Fsp3) is 0.640. The Labute approximate surface area is 192 Å². The molecule has 0 atom stereocenters. The van der Waals surface area contributed by atoms with E-state index in [-0.39, 0.29) is 29.7 Å². The molecule has 3 rings (SSSR count). The SMILES string of the molecule is CCN(CC)C(=O)CN1CN(c2ccccc2)C2(CCN(C(=O)CC(C)(C)C)CC2)C1=O. The zero-order valence-corrected chi connectivity index (χ0v) is 20.3. The monoisotopic (exact) mass is 442 g/mol. The van der Waals surface area contributed by atoms with Gasteiger partial charge in [0.2, 0.25) is 11.8 Å². The zero-order valence-electron chi connectivity index (χ0n) is 20.3. The fourth-order valence-electron chi connectivity index (χ4n) is 4.85. The van der Waals surface area contributed by atoms with Crippen molar-refractivity contribution in [2.24, 2.45) is 5.41 Å². The van der Waals surface area contributed by atoms with Crippen LogP contribution in [0.3, 0.4) is 0 Å². The van der Waals surface area contributed by atoms with Crippen LogP contribution in [-0.4, -0.2) is 77.4 Å². The number of piperidine rings is 1. The van der Waals surface area contributed by atoms with E-state index in [1.165, 1.54) is 0 Å². The molecule has 2 saturated heterocycles. The van der Waals surface area contributed by atoms with Crippen LogP contribution < -0.4 is 4.90 Å². The van der Waals surface area contributed by atoms with Crippen LogP contribution in [0, 0.1) is 5.41 Å². The number of hydrogen-bond donors (Lipinski definition) is 0. The standard InChI is InChI=1S/C25H38N4O3/c1-6-26(7-2)22(31)18-28-19-29(20-11-9-8-10-12-20)25(23(28)32)13-15-27(16-14-25)21(30)17-24(3,4)5/h8-12H,6-7,13-19H2,1-5H3. The third kappa shape index (κ3) is 4.92. The van der Waals surface area contributed by atoms with E-state index < -0.39 is 5.54 Å². The summed E-state index contributed by atoms with van der Waals surface area (Å²) in [6, 6.07) is 9.94. The zero-order chi connectivity index (χ0) is 23.5. The Morgan fingerprint density at radius 3 is 2.16 bits per heavy atom. The van der Waals surface area contributed by atoms with E-state index in [9.17, 15) is 14.4 Å². The second-order valence-corrected chi connectivity index (χ2v) is 10.1. The van der Waals surface area contributed by atoms with Crippen molar-refractivity contribution in [2.45, 2.75) is 59.4 Å². The van der Waals surface area contributed by atoms with Gasteiger partial charge in [-0.3, -0.25) is 14.4 Å². The highest BCUT2D eigenvalue weighted by atomic mass is 16.2. The first-order valence-electron chi connectivity index (χ1n) is 11.8. The van der Waals surface area contributed by atoms with E-state index in [0.29, 0.717) is 52.1 Å². The number of amides is 3. The van der Waals surface area contributed by atoms with Crippen molar-refractivity contribution in [1.82, 2.24) is 14.7 Å². The molecule has 1 spiro atoms. The summed E-state index contributed by atoms with van der Waals surface area (Å²) in [7, 11) is 0. The predicted octanol–water partition coefficient (Wildman–Crippen LogP) is 2.96. The second kappa shape index (κ2) is 9.51. The van der Waals surface area contributed by atoms with Gasteiger partial charge in [0.05, 0.1) is 6.67 Å². The molecule has 2 aliphatic rings. The molecule has 1 aromatic rings. The summed E-state index contributed by atoms with van der Waals surface area (Å²) in [5, 5.41) is 0. The van der Waals surface area contributed by atoms with E-state index in [1.54, 1.807) is 9.80 Å². The molecular formula is C25H38N4O3. The van der Waals surface area contributed by atoms with Crippen molar-refractivity contribution in [2.75, 3.05) is 44.3 Å². The molecule has 32 heavy (non-hydrogen) atoms. The summed E-state index contributed by atoms with van der Waals surface area (Å²) in [4.78, 5) is 46.7. The van der Waals surface area contributed by atoms with E-state index in [4.69, 9.17) is 0 Å². The third-order valence-corrected chi connectivity index (χ3v) is 6.65. The molecule has 0 N–H and O–H groups in total. The molecule has 3 amide bonds. The maximum atomic E-state index is 13.7. The average molecular weight is 443 g/mol. The molecule has 0 aliphatic carbocycles. The quantitative estimate of drug-likeness (QED) is 0.680. The van der Waals surface area contributed by atoms with Crippen LogP contribution in [0.25, 0.3) is 0 Å². The van der Waals surface area contributed by atoms with Crippen molar-refractivity contribution in [3.63, 3.8) is 0 Å². The molecule has 7 heteroatoms. The average Bonchev–Trinajstić information content (AvgIpc) is 3.00. The predicted molar refractivity (Wildman–Crippen MR) is 126 cm³/mol. The lowest BCUT2D eigenvalue weighted by molar-refractivity contribution is -0.142. The van der Waals surface area contributed by atoms with Gasteiger partial charge in [-0.15, -0.1) is 0 Å². The molecule has 0 radical (unpaired) electrons. The molecule has 0 bridgehead atoms. The van der Waals surface area contributed by atoms with Gasteiger partial charge in [0.1, 0.15) is 12.1 Å². The van der Waals surface area contributed by atoms with Crippen LogP contribution in [0.5, 0.6) is 0 Å². The van der Waals surface area contributed by atoms with Gasteiger partial charge in [0.25, 0.3) is 5.91 Å². The van der Waals surface area contributed by atoms with Gasteiger partial charge in [-0.2, -0.15) is 0 Å². The van der Waals surface area contributed by atoms with Gasteiger partial charge in [-0.25, -0.2) is 0 Å². The minimum atomic E-state index is -0.705. The summed E-state index contributed by atoms with van der Waals surface area (Å²) >= 11 is 0. The number of nitrogens with zero attached hydrogens (tertiary/aromatic N) is 4. The Morgan fingerprint density at radius 1 is 1.03 bits per heavy atom. The molecule has 0 unspecified atom stereocenters. The third-order valence-electron chi connectivity index (χ3n) is 6.65. The lowest BCUT2D eigenvalue weighted by atomic mass is 9.84. The lowest BCUT2D eigenvalue weighted by Gasteiger charge is -2.43. The van der Waals surface area contributed by atoms with Crippen molar-refractivity contribution in [1.29, 1.82) is 0 Å². The number of anilines is 1. The van der Waals surface area contributed by atoms with E-state index >= 15 is 0 Å². The van der Waals surface area contributed by atoms with Crippen LogP contribution in [0.4, 0.5) is 5.69 Å². The molecule has 0 aromatic heterocycles. The summed E-state index contributed by atoms with van der Waals surface area (Å²) in [6.07, 6.45) is 1.65. The van der Waals surface area contributed by atoms with Crippen LogP contribution in [0.2, 0.25) is 0 Å². The molecule has 2 heterocycles. The van der Waals surface area contributed by atoms with Crippen molar-refractivity contribution in [3.8, 4) is 0 Å². The number of carbonyl (C=O) groups is 3. The van der Waals surface area contributed by atoms with E-state index in [0.717, 1.165) is 5.69 Å². The Hall–Kier alpha value is -2.57. The number of hydrogen-bond acceptors (Lipinski definition) is 4. The summed E-state index contributed by atoms with van der Waals surface area (Å²) in [5.41, 5.74) is 0.212.